The number of esters is 1. The monoisotopic (exact) mass is 418 g/mol. The van der Waals surface area contributed by atoms with Crippen LogP contribution in [0.3, 0.4) is 0 Å². The Kier molecular flexibility index (Phi) is 6.11. The largest absolute Gasteiger partial charge is 0.461 e. The average molecular weight is 419 g/mol. The van der Waals surface area contributed by atoms with Crippen LogP contribution in [-0.4, -0.2) is 33.2 Å². The van der Waals surface area contributed by atoms with Gasteiger partial charge in [0.05, 0.1) is 29.7 Å². The maximum absolute atomic E-state index is 12.8. The summed E-state index contributed by atoms with van der Waals surface area (Å²) >= 11 is 7.25. The lowest BCUT2D eigenvalue weighted by molar-refractivity contribution is 0.0520. The molecule has 3 aromatic rings. The Bertz CT molecular complexity index is 1010. The molecule has 9 heteroatoms. The van der Waals surface area contributed by atoms with E-state index in [1.807, 2.05) is 26.0 Å². The normalized spacial score (nSPS) is 10.9. The van der Waals surface area contributed by atoms with Crippen LogP contribution in [-0.2, 0) is 4.74 Å². The van der Waals surface area contributed by atoms with Crippen molar-refractivity contribution < 1.29 is 14.3 Å². The number of ether oxygens (including phenoxy) is 1. The van der Waals surface area contributed by atoms with E-state index < -0.39 is 5.97 Å². The van der Waals surface area contributed by atoms with E-state index in [2.05, 4.69) is 15.4 Å². The van der Waals surface area contributed by atoms with Crippen LogP contribution < -0.4 is 5.32 Å². The molecule has 0 atom stereocenters. The zero-order valence-corrected chi connectivity index (χ0v) is 17.2. The van der Waals surface area contributed by atoms with E-state index in [1.54, 1.807) is 29.1 Å². The predicted molar refractivity (Wildman–Crippen MR) is 109 cm³/mol. The van der Waals surface area contributed by atoms with Crippen molar-refractivity contribution >= 4 is 39.9 Å². The van der Waals surface area contributed by atoms with Gasteiger partial charge in [-0.2, -0.15) is 5.10 Å². The summed E-state index contributed by atoms with van der Waals surface area (Å²) in [6.45, 7) is 5.95. The fraction of sp³-hybridized carbons (Fsp3) is 0.263. The summed E-state index contributed by atoms with van der Waals surface area (Å²) in [5.74, 6) is -0.828. The number of amides is 1. The molecule has 7 nitrogen and oxygen atoms in total. The van der Waals surface area contributed by atoms with Crippen molar-refractivity contribution in [1.29, 1.82) is 0 Å². The van der Waals surface area contributed by atoms with Gasteiger partial charge < -0.3 is 4.74 Å². The van der Waals surface area contributed by atoms with E-state index in [4.69, 9.17) is 16.3 Å². The third kappa shape index (κ3) is 4.23. The summed E-state index contributed by atoms with van der Waals surface area (Å²) in [6, 6.07) is 7.27. The molecule has 0 saturated heterocycles. The van der Waals surface area contributed by atoms with Crippen molar-refractivity contribution in [1.82, 2.24) is 14.8 Å². The molecular formula is C19H19ClN4O3S. The molecule has 0 saturated carbocycles. The molecule has 146 valence electrons. The highest BCUT2D eigenvalue weighted by Crippen LogP contribution is 2.26. The number of hydrogen-bond acceptors (Lipinski definition) is 6. The maximum Gasteiger partial charge on any atom is 0.357 e. The fourth-order valence-corrected chi connectivity index (χ4v) is 3.56. The number of anilines is 1. The first-order valence-electron chi connectivity index (χ1n) is 8.68. The molecule has 0 fully saturated rings. The first kappa shape index (κ1) is 20.0. The van der Waals surface area contributed by atoms with Crippen molar-refractivity contribution in [3.8, 4) is 5.69 Å². The lowest BCUT2D eigenvalue weighted by Crippen LogP contribution is -2.15. The maximum atomic E-state index is 12.8. The molecule has 2 heterocycles. The van der Waals surface area contributed by atoms with Crippen molar-refractivity contribution in [2.24, 2.45) is 0 Å². The fourth-order valence-electron chi connectivity index (χ4n) is 2.70. The van der Waals surface area contributed by atoms with Gasteiger partial charge >= 0.3 is 5.97 Å². The van der Waals surface area contributed by atoms with Gasteiger partial charge in [0.1, 0.15) is 0 Å². The lowest BCUT2D eigenvalue weighted by Gasteiger charge is -2.12. The zero-order chi connectivity index (χ0) is 20.3. The number of carbonyl (C=O) groups is 2. The molecule has 2 aromatic heterocycles. The molecule has 0 unspecified atom stereocenters. The molecule has 0 aliphatic rings. The van der Waals surface area contributed by atoms with Gasteiger partial charge in [-0.05, 0) is 31.0 Å². The molecule has 3 rings (SSSR count). The van der Waals surface area contributed by atoms with Crippen LogP contribution in [0.5, 0.6) is 0 Å². The molecule has 0 radical (unpaired) electrons. The molecule has 0 spiro atoms. The van der Waals surface area contributed by atoms with E-state index in [0.29, 0.717) is 15.7 Å². The first-order valence-corrected chi connectivity index (χ1v) is 9.94. The quantitative estimate of drug-likeness (QED) is 0.594. The third-order valence-corrected chi connectivity index (χ3v) is 4.85. The van der Waals surface area contributed by atoms with Crippen molar-refractivity contribution in [2.75, 3.05) is 11.9 Å². The summed E-state index contributed by atoms with van der Waals surface area (Å²) in [6.07, 6.45) is 1.52. The second-order valence-electron chi connectivity index (χ2n) is 6.20. The van der Waals surface area contributed by atoms with Crippen LogP contribution in [0.4, 0.5) is 5.13 Å². The van der Waals surface area contributed by atoms with E-state index in [0.717, 1.165) is 22.7 Å². The van der Waals surface area contributed by atoms with Gasteiger partial charge in [-0.3, -0.25) is 10.1 Å². The molecule has 0 aliphatic carbocycles. The second kappa shape index (κ2) is 8.53. The molecular weight excluding hydrogens is 400 g/mol. The van der Waals surface area contributed by atoms with Crippen LogP contribution in [0.25, 0.3) is 5.69 Å². The minimum Gasteiger partial charge on any atom is -0.461 e. The highest BCUT2D eigenvalue weighted by Gasteiger charge is 2.22. The molecule has 1 amide bonds. The van der Waals surface area contributed by atoms with Gasteiger partial charge in [0.15, 0.2) is 10.8 Å². The Morgan fingerprint density at radius 1 is 1.36 bits per heavy atom. The predicted octanol–water partition coefficient (Wildman–Crippen LogP) is 4.53. The zero-order valence-electron chi connectivity index (χ0n) is 15.6. The second-order valence-corrected chi connectivity index (χ2v) is 7.50. The number of nitrogens with one attached hydrogen (secondary N) is 1. The summed E-state index contributed by atoms with van der Waals surface area (Å²) in [5.41, 5.74) is 2.12. The highest BCUT2D eigenvalue weighted by atomic mass is 35.5. The number of carbonyl (C=O) groups excluding carboxylic acids is 2. The highest BCUT2D eigenvalue weighted by molar-refractivity contribution is 7.14. The number of benzene rings is 1. The van der Waals surface area contributed by atoms with Gasteiger partial charge in [0.25, 0.3) is 5.91 Å². The Morgan fingerprint density at radius 2 is 2.14 bits per heavy atom. The summed E-state index contributed by atoms with van der Waals surface area (Å²) < 4.78 is 6.62. The molecule has 28 heavy (non-hydrogen) atoms. The number of rotatable bonds is 6. The first-order chi connectivity index (χ1) is 13.4. The van der Waals surface area contributed by atoms with E-state index in [1.165, 1.54) is 6.20 Å². The molecule has 0 aliphatic heterocycles. The van der Waals surface area contributed by atoms with Gasteiger partial charge in [-0.15, -0.1) is 11.3 Å². The number of aromatic nitrogens is 3. The Hall–Kier alpha value is -2.71. The van der Waals surface area contributed by atoms with E-state index in [-0.39, 0.29) is 24.1 Å². The Balaban J connectivity index is 1.87. The van der Waals surface area contributed by atoms with Gasteiger partial charge in [0.2, 0.25) is 0 Å². The summed E-state index contributed by atoms with van der Waals surface area (Å²) in [7, 11) is 0. The smallest absolute Gasteiger partial charge is 0.357 e. The standard InChI is InChI=1S/C19H19ClN4O3S/c1-4-27-18(26)15-10-28-19(22-15)23-17(25)14-9-21-24(16(14)11(2)3)13-7-5-6-12(20)8-13/h5-11H,4H2,1-3H3,(H,22,23,25). The van der Waals surface area contributed by atoms with Gasteiger partial charge in [-0.1, -0.05) is 31.5 Å². The molecule has 1 aromatic carbocycles. The molecule has 0 bridgehead atoms. The van der Waals surface area contributed by atoms with E-state index >= 15 is 0 Å². The van der Waals surface area contributed by atoms with Crippen molar-refractivity contribution in [2.45, 2.75) is 26.7 Å². The van der Waals surface area contributed by atoms with Crippen molar-refractivity contribution in [3.05, 3.63) is 57.8 Å². The van der Waals surface area contributed by atoms with Crippen LogP contribution in [0.2, 0.25) is 5.02 Å². The summed E-state index contributed by atoms with van der Waals surface area (Å²) in [5, 5.41) is 9.56. The van der Waals surface area contributed by atoms with Crippen LogP contribution in [0, 0.1) is 0 Å². The summed E-state index contributed by atoms with van der Waals surface area (Å²) in [4.78, 5) is 28.7. The van der Waals surface area contributed by atoms with Crippen LogP contribution in [0.1, 0.15) is 53.2 Å². The lowest BCUT2D eigenvalue weighted by atomic mass is 10.1. The topological polar surface area (TPSA) is 86.1 Å². The minimum absolute atomic E-state index is 0.0358. The Morgan fingerprint density at radius 3 is 2.82 bits per heavy atom. The average Bonchev–Trinajstić information content (AvgIpc) is 3.29. The van der Waals surface area contributed by atoms with Gasteiger partial charge in [0, 0.05) is 10.4 Å². The number of halogens is 1. The van der Waals surface area contributed by atoms with Gasteiger partial charge in [-0.25, -0.2) is 14.5 Å². The Labute approximate surface area is 171 Å². The minimum atomic E-state index is -0.518. The molecule has 1 N–H and O–H groups in total. The number of nitrogens with zero attached hydrogens (tertiary/aromatic N) is 3. The van der Waals surface area contributed by atoms with Crippen LogP contribution >= 0.6 is 22.9 Å². The van der Waals surface area contributed by atoms with E-state index in [9.17, 15) is 9.59 Å². The SMILES string of the molecule is CCOC(=O)c1csc(NC(=O)c2cnn(-c3cccc(Cl)c3)c2C(C)C)n1. The van der Waals surface area contributed by atoms with Crippen molar-refractivity contribution in [3.63, 3.8) is 0 Å². The number of thiazole rings is 1. The third-order valence-electron chi connectivity index (χ3n) is 3.86. The number of hydrogen-bond donors (Lipinski definition) is 1. The van der Waals surface area contributed by atoms with Crippen LogP contribution in [0.15, 0.2) is 35.8 Å².